The van der Waals surface area contributed by atoms with Crippen LogP contribution in [-0.2, 0) is 24.2 Å². The molecule has 0 fully saturated rings. The number of sulfone groups is 1. The van der Waals surface area contributed by atoms with Gasteiger partial charge in [0.15, 0.2) is 15.6 Å². The highest BCUT2D eigenvalue weighted by Crippen LogP contribution is 2.08. The van der Waals surface area contributed by atoms with Gasteiger partial charge in [0.1, 0.15) is 6.04 Å². The van der Waals surface area contributed by atoms with Crippen molar-refractivity contribution >= 4 is 33.5 Å². The van der Waals surface area contributed by atoms with Crippen molar-refractivity contribution in [3.63, 3.8) is 0 Å². The molecule has 0 unspecified atom stereocenters. The minimum absolute atomic E-state index is 0.00343. The third-order valence-electron chi connectivity index (χ3n) is 4.63. The smallest absolute Gasteiger partial charge is 0.312 e. The SMILES string of the molecule is C=CS(=O)(=O)CCCCCC(=O)N[C@@H](C(=O)N[C@H](CCCNC(N)=O)C(C)=O)C(C)C. The van der Waals surface area contributed by atoms with Crippen molar-refractivity contribution in [3.8, 4) is 0 Å². The number of amides is 4. The minimum atomic E-state index is -3.24. The minimum Gasteiger partial charge on any atom is -0.352 e. The molecule has 0 aromatic carbocycles. The predicted molar refractivity (Wildman–Crippen MR) is 119 cm³/mol. The molecule has 0 aromatic heterocycles. The molecule has 178 valence electrons. The van der Waals surface area contributed by atoms with Crippen molar-refractivity contribution in [2.24, 2.45) is 11.7 Å². The van der Waals surface area contributed by atoms with Crippen molar-refractivity contribution in [2.45, 2.75) is 71.4 Å². The lowest BCUT2D eigenvalue weighted by molar-refractivity contribution is -0.132. The molecule has 0 rings (SSSR count). The molecule has 0 aliphatic carbocycles. The molecule has 11 heteroatoms. The molecular weight excluding hydrogens is 424 g/mol. The van der Waals surface area contributed by atoms with Crippen LogP contribution in [0.25, 0.3) is 0 Å². The van der Waals surface area contributed by atoms with Crippen molar-refractivity contribution in [1.29, 1.82) is 0 Å². The summed E-state index contributed by atoms with van der Waals surface area (Å²) in [6.07, 6.45) is 2.43. The number of carbonyl (C=O) groups excluding carboxylic acids is 4. The second kappa shape index (κ2) is 14.6. The number of hydrogen-bond acceptors (Lipinski definition) is 6. The zero-order valence-corrected chi connectivity index (χ0v) is 19.4. The number of unbranched alkanes of at least 4 members (excludes halogenated alkanes) is 2. The fraction of sp³-hybridized carbons (Fsp3) is 0.700. The average Bonchev–Trinajstić information content (AvgIpc) is 2.67. The number of carbonyl (C=O) groups is 4. The van der Waals surface area contributed by atoms with E-state index in [0.717, 1.165) is 5.41 Å². The summed E-state index contributed by atoms with van der Waals surface area (Å²) in [5.41, 5.74) is 4.99. The van der Waals surface area contributed by atoms with Crippen LogP contribution in [0, 0.1) is 5.92 Å². The molecule has 10 nitrogen and oxygen atoms in total. The topological polar surface area (TPSA) is 165 Å². The summed E-state index contributed by atoms with van der Waals surface area (Å²) in [5.74, 6) is -1.20. The first kappa shape index (κ1) is 28.6. The number of primary amides is 1. The quantitative estimate of drug-likeness (QED) is 0.248. The summed E-state index contributed by atoms with van der Waals surface area (Å²) in [6.45, 7) is 8.46. The Morgan fingerprint density at radius 3 is 2.19 bits per heavy atom. The Bertz CT molecular complexity index is 736. The van der Waals surface area contributed by atoms with E-state index in [9.17, 15) is 27.6 Å². The third kappa shape index (κ3) is 13.5. The van der Waals surface area contributed by atoms with Crippen LogP contribution in [0.3, 0.4) is 0 Å². The van der Waals surface area contributed by atoms with Gasteiger partial charge in [-0.15, -0.1) is 0 Å². The van der Waals surface area contributed by atoms with Crippen molar-refractivity contribution in [2.75, 3.05) is 12.3 Å². The Labute approximate surface area is 184 Å². The Morgan fingerprint density at radius 2 is 1.68 bits per heavy atom. The van der Waals surface area contributed by atoms with E-state index in [4.69, 9.17) is 5.73 Å². The first-order valence-electron chi connectivity index (χ1n) is 10.4. The Morgan fingerprint density at radius 1 is 1.03 bits per heavy atom. The van der Waals surface area contributed by atoms with E-state index in [2.05, 4.69) is 22.5 Å². The molecule has 2 atom stereocenters. The molecule has 4 amide bonds. The lowest BCUT2D eigenvalue weighted by Crippen LogP contribution is -2.53. The highest BCUT2D eigenvalue weighted by Gasteiger charge is 2.27. The first-order valence-corrected chi connectivity index (χ1v) is 12.1. The van der Waals surface area contributed by atoms with Crippen LogP contribution in [-0.4, -0.2) is 56.4 Å². The van der Waals surface area contributed by atoms with Crippen LogP contribution >= 0.6 is 0 Å². The normalized spacial score (nSPS) is 13.2. The number of hydrogen-bond donors (Lipinski definition) is 4. The van der Waals surface area contributed by atoms with E-state index in [0.29, 0.717) is 32.1 Å². The van der Waals surface area contributed by atoms with Gasteiger partial charge in [0, 0.05) is 18.4 Å². The molecule has 0 radical (unpaired) electrons. The van der Waals surface area contributed by atoms with Crippen LogP contribution in [0.1, 0.15) is 59.3 Å². The Hall–Kier alpha value is -2.43. The van der Waals surface area contributed by atoms with Gasteiger partial charge in [-0.05, 0) is 38.5 Å². The van der Waals surface area contributed by atoms with Crippen molar-refractivity contribution in [3.05, 3.63) is 12.0 Å². The van der Waals surface area contributed by atoms with Crippen LogP contribution < -0.4 is 21.7 Å². The summed E-state index contributed by atoms with van der Waals surface area (Å²) >= 11 is 0. The highest BCUT2D eigenvalue weighted by molar-refractivity contribution is 7.94. The highest BCUT2D eigenvalue weighted by atomic mass is 32.2. The lowest BCUT2D eigenvalue weighted by Gasteiger charge is -2.24. The number of nitrogens with two attached hydrogens (primary N) is 1. The number of ketones is 1. The van der Waals surface area contributed by atoms with Crippen LogP contribution in [0.5, 0.6) is 0 Å². The zero-order valence-electron chi connectivity index (χ0n) is 18.6. The van der Waals surface area contributed by atoms with E-state index in [1.807, 2.05) is 0 Å². The van der Waals surface area contributed by atoms with Gasteiger partial charge in [-0.1, -0.05) is 26.8 Å². The molecule has 0 heterocycles. The number of Topliss-reactive ketones (excluding diaryl/α,β-unsaturated/α-hetero) is 1. The second-order valence-electron chi connectivity index (χ2n) is 7.74. The van der Waals surface area contributed by atoms with Gasteiger partial charge in [0.25, 0.3) is 0 Å². The molecule has 0 bridgehead atoms. The molecular formula is C20H36N4O6S. The van der Waals surface area contributed by atoms with E-state index < -0.39 is 33.9 Å². The zero-order chi connectivity index (χ0) is 24.0. The second-order valence-corrected chi connectivity index (χ2v) is 9.81. The lowest BCUT2D eigenvalue weighted by atomic mass is 10.0. The molecule has 5 N–H and O–H groups in total. The Balaban J connectivity index is 4.60. The molecule has 0 aromatic rings. The van der Waals surface area contributed by atoms with Crippen molar-refractivity contribution in [1.82, 2.24) is 16.0 Å². The molecule has 0 aliphatic rings. The number of rotatable bonds is 16. The Kier molecular flexibility index (Phi) is 13.4. The maximum Gasteiger partial charge on any atom is 0.312 e. The third-order valence-corrected chi connectivity index (χ3v) is 5.99. The van der Waals surface area contributed by atoms with Gasteiger partial charge in [-0.2, -0.15) is 0 Å². The van der Waals surface area contributed by atoms with E-state index >= 15 is 0 Å². The monoisotopic (exact) mass is 460 g/mol. The van der Waals surface area contributed by atoms with Gasteiger partial charge < -0.3 is 21.7 Å². The van der Waals surface area contributed by atoms with E-state index in [1.165, 1.54) is 6.92 Å². The summed E-state index contributed by atoms with van der Waals surface area (Å²) in [7, 11) is -3.24. The summed E-state index contributed by atoms with van der Waals surface area (Å²) in [5, 5.41) is 8.70. The van der Waals surface area contributed by atoms with Gasteiger partial charge >= 0.3 is 6.03 Å². The van der Waals surface area contributed by atoms with Crippen LogP contribution in [0.2, 0.25) is 0 Å². The van der Waals surface area contributed by atoms with Gasteiger partial charge in [-0.3, -0.25) is 14.4 Å². The molecule has 0 spiro atoms. The fourth-order valence-electron chi connectivity index (χ4n) is 2.79. The van der Waals surface area contributed by atoms with E-state index in [1.54, 1.807) is 13.8 Å². The summed E-state index contributed by atoms with van der Waals surface area (Å²) < 4.78 is 22.7. The maximum atomic E-state index is 12.7. The standard InChI is InChI=1S/C20H36N4O6S/c1-5-31(29,30)13-8-6-7-11-17(26)24-18(14(2)3)19(27)23-16(15(4)25)10-9-12-22-20(21)28/h5,14,16,18H,1,6-13H2,2-4H3,(H,23,27)(H,24,26)(H3,21,22,28)/t16-,18-/m1/s1. The van der Waals surface area contributed by atoms with Crippen LogP contribution in [0.15, 0.2) is 12.0 Å². The predicted octanol–water partition coefficient (Wildman–Crippen LogP) is 0.768. The average molecular weight is 461 g/mol. The van der Waals surface area contributed by atoms with Gasteiger partial charge in [0.2, 0.25) is 11.8 Å². The molecule has 0 saturated carbocycles. The van der Waals surface area contributed by atoms with E-state index in [-0.39, 0.29) is 36.3 Å². The summed E-state index contributed by atoms with van der Waals surface area (Å²) in [6, 6.07) is -2.19. The molecule has 31 heavy (non-hydrogen) atoms. The fourth-order valence-corrected chi connectivity index (χ4v) is 3.56. The molecule has 0 aliphatic heterocycles. The van der Waals surface area contributed by atoms with Crippen LogP contribution in [0.4, 0.5) is 4.79 Å². The molecule has 0 saturated heterocycles. The number of urea groups is 1. The summed E-state index contributed by atoms with van der Waals surface area (Å²) in [4.78, 5) is 47.4. The van der Waals surface area contributed by atoms with Gasteiger partial charge in [-0.25, -0.2) is 13.2 Å². The van der Waals surface area contributed by atoms with Crippen molar-refractivity contribution < 1.29 is 27.6 Å². The largest absolute Gasteiger partial charge is 0.352 e. The van der Waals surface area contributed by atoms with Gasteiger partial charge in [0.05, 0.1) is 11.8 Å². The maximum absolute atomic E-state index is 12.7. The first-order chi connectivity index (χ1) is 14.4. The number of nitrogens with one attached hydrogen (secondary N) is 3.